The molecular weight excluding hydrogens is 934 g/mol. The van der Waals surface area contributed by atoms with Gasteiger partial charge in [0.2, 0.25) is 0 Å². The predicted octanol–water partition coefficient (Wildman–Crippen LogP) is 17.0. The van der Waals surface area contributed by atoms with E-state index in [4.69, 9.17) is 4.74 Å². The number of fused-ring (bicyclic) bond motifs is 10. The van der Waals surface area contributed by atoms with E-state index >= 15 is 0 Å². The highest BCUT2D eigenvalue weighted by atomic mass is 16.5. The molecule has 2 aliphatic rings. The predicted molar refractivity (Wildman–Crippen MR) is 323 cm³/mol. The summed E-state index contributed by atoms with van der Waals surface area (Å²) in [5, 5.41) is 4.87. The summed E-state index contributed by atoms with van der Waals surface area (Å²) < 4.78 is 12.5. The largest absolute Gasteiger partial charge is 0.458 e. The van der Waals surface area contributed by atoms with Crippen molar-refractivity contribution in [1.29, 1.82) is 0 Å². The Hall–Kier alpha value is -10.1. The Morgan fingerprint density at radius 1 is 0.260 bits per heavy atom. The van der Waals surface area contributed by atoms with Gasteiger partial charge in [0.1, 0.15) is 11.5 Å². The van der Waals surface area contributed by atoms with Crippen LogP contribution in [0.25, 0.3) is 99.5 Å². The number of aromatic nitrogens is 2. The maximum absolute atomic E-state index is 7.60. The van der Waals surface area contributed by atoms with E-state index in [0.717, 1.165) is 117 Å². The van der Waals surface area contributed by atoms with E-state index in [1.807, 2.05) is 0 Å². The molecule has 2 aromatic heterocycles. The molecule has 0 bridgehead atoms. The minimum absolute atomic E-state index is 0.229. The van der Waals surface area contributed by atoms with Crippen LogP contribution in [-0.2, 0) is 0 Å². The van der Waals surface area contributed by atoms with Gasteiger partial charge >= 0.3 is 0 Å². The van der Waals surface area contributed by atoms with Crippen LogP contribution in [0.4, 0.5) is 17.1 Å². The fourth-order valence-corrected chi connectivity index (χ4v) is 12.8. The molecule has 358 valence electrons. The highest BCUT2D eigenvalue weighted by Crippen LogP contribution is 2.49. The van der Waals surface area contributed by atoms with Crippen molar-refractivity contribution in [2.45, 2.75) is 0 Å². The fraction of sp³-hybridized carbons (Fsp3) is 0. The van der Waals surface area contributed by atoms with Gasteiger partial charge in [-0.15, -0.1) is 0 Å². The zero-order valence-electron chi connectivity index (χ0n) is 41.9. The van der Waals surface area contributed by atoms with Crippen molar-refractivity contribution in [3.8, 4) is 67.4 Å². The molecule has 77 heavy (non-hydrogen) atoms. The Kier molecular flexibility index (Phi) is 9.70. The first-order chi connectivity index (χ1) is 38.2. The molecule has 0 saturated heterocycles. The summed E-state index contributed by atoms with van der Waals surface area (Å²) in [6.45, 7) is -0.229. The van der Waals surface area contributed by atoms with Crippen molar-refractivity contribution < 1.29 is 4.74 Å². The first kappa shape index (κ1) is 43.3. The van der Waals surface area contributed by atoms with Crippen molar-refractivity contribution in [1.82, 2.24) is 9.13 Å². The lowest BCUT2D eigenvalue weighted by Crippen LogP contribution is -2.59. The van der Waals surface area contributed by atoms with E-state index < -0.39 is 0 Å². The maximum atomic E-state index is 7.60. The normalized spacial score (nSPS) is 12.5. The summed E-state index contributed by atoms with van der Waals surface area (Å²) in [4.78, 5) is 2.55. The van der Waals surface area contributed by atoms with Gasteiger partial charge in [0.05, 0.1) is 39.1 Å². The molecule has 0 N–H and O–H groups in total. The van der Waals surface area contributed by atoms with E-state index in [1.165, 1.54) is 27.0 Å². The number of para-hydroxylation sites is 5. The molecule has 0 fully saturated rings. The molecule has 0 spiro atoms. The molecule has 2 aliphatic heterocycles. The standard InChI is InChI=1S/C72H46BN3O/c1-5-23-47(24-6-1)51-41-69-72-71(42-51)77-70-46-67(75-64-39-21-16-34-55(64)56-35-17-22-40-65(56)75)58(50-29-11-4-12-30-50)44-60(70)73(72)59-43-57(49-27-9-3-10-28-49)66(74-62-37-19-14-32-53(62)54-33-15-20-38-63(54)74)45-68(59)76(69)61-36-18-13-31-52(61)48-25-7-2-8-26-48/h1-46H. The minimum Gasteiger partial charge on any atom is -0.458 e. The highest BCUT2D eigenvalue weighted by Gasteiger charge is 2.44. The van der Waals surface area contributed by atoms with Gasteiger partial charge in [-0.05, 0) is 92.7 Å². The molecular formula is C72H46BN3O. The first-order valence-electron chi connectivity index (χ1n) is 26.5. The quantitative estimate of drug-likeness (QED) is 0.149. The van der Waals surface area contributed by atoms with Crippen LogP contribution in [0.3, 0.4) is 0 Å². The number of ether oxygens (including phenoxy) is 1. The summed E-state index contributed by atoms with van der Waals surface area (Å²) >= 11 is 0. The van der Waals surface area contributed by atoms with Crippen LogP contribution < -0.4 is 26.0 Å². The molecule has 0 unspecified atom stereocenters. The zero-order chi connectivity index (χ0) is 50.6. The lowest BCUT2D eigenvalue weighted by molar-refractivity contribution is 0.487. The van der Waals surface area contributed by atoms with Crippen LogP contribution in [0.1, 0.15) is 0 Å². The third kappa shape index (κ3) is 6.67. The Bertz CT molecular complexity index is 4550. The average molecular weight is 980 g/mol. The molecule has 5 heteroatoms. The molecule has 14 aromatic rings. The number of benzene rings is 12. The molecule has 0 amide bonds. The van der Waals surface area contributed by atoms with E-state index in [9.17, 15) is 0 Å². The van der Waals surface area contributed by atoms with Crippen LogP contribution in [-0.4, -0.2) is 15.8 Å². The third-order valence-electron chi connectivity index (χ3n) is 16.2. The monoisotopic (exact) mass is 979 g/mol. The van der Waals surface area contributed by atoms with Crippen LogP contribution in [0.15, 0.2) is 279 Å². The minimum atomic E-state index is -0.229. The second kappa shape index (κ2) is 17.2. The molecule has 4 heterocycles. The molecule has 0 radical (unpaired) electrons. The molecule has 4 nitrogen and oxygen atoms in total. The smallest absolute Gasteiger partial charge is 0.256 e. The van der Waals surface area contributed by atoms with E-state index in [-0.39, 0.29) is 6.71 Å². The van der Waals surface area contributed by atoms with Gasteiger partial charge in [-0.25, -0.2) is 0 Å². The van der Waals surface area contributed by atoms with Crippen molar-refractivity contribution in [2.24, 2.45) is 0 Å². The lowest BCUT2D eigenvalue weighted by atomic mass is 9.34. The Balaban J connectivity index is 1.06. The van der Waals surface area contributed by atoms with Gasteiger partial charge in [0, 0.05) is 55.7 Å². The van der Waals surface area contributed by atoms with Crippen LogP contribution in [0.2, 0.25) is 0 Å². The number of hydrogen-bond acceptors (Lipinski definition) is 2. The SMILES string of the molecule is c1ccc(-c2cc3c4c(c2)N(c2ccccc2-c2ccccc2)c2cc(-n5c6ccccc6c6ccccc65)c(-c5ccccc5)cc2B4c2cc(-c4ccccc4)c(-n4c5ccccc5c5ccccc54)cc2O3)cc1. The van der Waals surface area contributed by atoms with Gasteiger partial charge < -0.3 is 18.8 Å². The Morgan fingerprint density at radius 3 is 1.19 bits per heavy atom. The maximum Gasteiger partial charge on any atom is 0.256 e. The van der Waals surface area contributed by atoms with Gasteiger partial charge in [0.15, 0.2) is 0 Å². The highest BCUT2D eigenvalue weighted by molar-refractivity contribution is 6.99. The van der Waals surface area contributed by atoms with Gasteiger partial charge in [-0.2, -0.15) is 0 Å². The summed E-state index contributed by atoms with van der Waals surface area (Å²) in [6, 6.07) is 102. The summed E-state index contributed by atoms with van der Waals surface area (Å²) in [5.41, 5.74) is 22.6. The van der Waals surface area contributed by atoms with Crippen LogP contribution in [0.5, 0.6) is 11.5 Å². The van der Waals surface area contributed by atoms with Gasteiger partial charge in [-0.1, -0.05) is 224 Å². The van der Waals surface area contributed by atoms with E-state index in [1.54, 1.807) is 0 Å². The summed E-state index contributed by atoms with van der Waals surface area (Å²) in [5.74, 6) is 1.69. The summed E-state index contributed by atoms with van der Waals surface area (Å²) in [6.07, 6.45) is 0. The fourth-order valence-electron chi connectivity index (χ4n) is 12.8. The third-order valence-corrected chi connectivity index (χ3v) is 16.2. The van der Waals surface area contributed by atoms with Crippen LogP contribution >= 0.6 is 0 Å². The molecule has 0 atom stereocenters. The lowest BCUT2D eigenvalue weighted by Gasteiger charge is -2.42. The van der Waals surface area contributed by atoms with Crippen molar-refractivity contribution in [2.75, 3.05) is 4.90 Å². The molecule has 0 aliphatic carbocycles. The van der Waals surface area contributed by atoms with Crippen LogP contribution in [0, 0.1) is 0 Å². The first-order valence-corrected chi connectivity index (χ1v) is 26.5. The second-order valence-electron chi connectivity index (χ2n) is 20.3. The Morgan fingerprint density at radius 2 is 0.675 bits per heavy atom. The van der Waals surface area contributed by atoms with Gasteiger partial charge in [-0.3, -0.25) is 0 Å². The number of nitrogens with zero attached hydrogens (tertiary/aromatic N) is 3. The summed E-state index contributed by atoms with van der Waals surface area (Å²) in [7, 11) is 0. The van der Waals surface area contributed by atoms with E-state index in [0.29, 0.717) is 0 Å². The average Bonchev–Trinajstić information content (AvgIpc) is 4.08. The van der Waals surface area contributed by atoms with Crippen molar-refractivity contribution >= 4 is 83.8 Å². The van der Waals surface area contributed by atoms with Crippen molar-refractivity contribution in [3.05, 3.63) is 279 Å². The molecule has 16 rings (SSSR count). The molecule has 12 aromatic carbocycles. The van der Waals surface area contributed by atoms with E-state index in [2.05, 4.69) is 293 Å². The van der Waals surface area contributed by atoms with Crippen molar-refractivity contribution in [3.63, 3.8) is 0 Å². The number of rotatable bonds is 7. The zero-order valence-corrected chi connectivity index (χ0v) is 41.9. The number of hydrogen-bond donors (Lipinski definition) is 0. The number of anilines is 3. The molecule has 0 saturated carbocycles. The van der Waals surface area contributed by atoms with Gasteiger partial charge in [0.25, 0.3) is 6.71 Å². The Labute approximate surface area is 446 Å². The second-order valence-corrected chi connectivity index (χ2v) is 20.3. The topological polar surface area (TPSA) is 22.3 Å².